The average molecular weight is 388 g/mol. The summed E-state index contributed by atoms with van der Waals surface area (Å²) in [6.45, 7) is 3.01. The summed E-state index contributed by atoms with van der Waals surface area (Å²) in [4.78, 5) is 15.0. The van der Waals surface area contributed by atoms with Gasteiger partial charge in [0, 0.05) is 22.9 Å². The molecule has 0 saturated carbocycles. The van der Waals surface area contributed by atoms with E-state index >= 15 is 0 Å². The van der Waals surface area contributed by atoms with Gasteiger partial charge in [-0.3, -0.25) is 4.79 Å². The Hall–Kier alpha value is -1.45. The van der Waals surface area contributed by atoms with Gasteiger partial charge >= 0.3 is 0 Å². The van der Waals surface area contributed by atoms with E-state index in [-0.39, 0.29) is 11.3 Å². The van der Waals surface area contributed by atoms with E-state index < -0.39 is 0 Å². The van der Waals surface area contributed by atoms with E-state index in [1.807, 2.05) is 35.2 Å². The Balaban J connectivity index is 1.66. The average Bonchev–Trinajstić information content (AvgIpc) is 3.15. The summed E-state index contributed by atoms with van der Waals surface area (Å²) in [6, 6.07) is 16.0. The van der Waals surface area contributed by atoms with Gasteiger partial charge in [0.15, 0.2) is 0 Å². The topological polar surface area (TPSA) is 20.3 Å². The molecule has 26 heavy (non-hydrogen) atoms. The molecule has 0 bridgehead atoms. The monoisotopic (exact) mass is 387 g/mol. The Morgan fingerprint density at radius 2 is 1.96 bits per heavy atom. The molecule has 3 rings (SSSR count). The summed E-state index contributed by atoms with van der Waals surface area (Å²) in [5.41, 5.74) is 3.19. The second-order valence-corrected chi connectivity index (χ2v) is 8.41. The zero-order valence-electron chi connectivity index (χ0n) is 15.3. The van der Waals surface area contributed by atoms with Gasteiger partial charge in [-0.05, 0) is 48.2 Å². The van der Waals surface area contributed by atoms with Crippen LogP contribution >= 0.6 is 23.4 Å². The number of nitrogens with zero attached hydrogens (tertiary/aromatic N) is 1. The van der Waals surface area contributed by atoms with E-state index in [1.54, 1.807) is 11.8 Å². The molecule has 2 aromatic rings. The van der Waals surface area contributed by atoms with Crippen LogP contribution in [0.15, 0.2) is 48.5 Å². The minimum Gasteiger partial charge on any atom is -0.322 e. The molecule has 0 unspecified atom stereocenters. The maximum Gasteiger partial charge on any atom is 0.255 e. The molecule has 1 saturated heterocycles. The number of carbonyl (C=O) groups is 1. The van der Waals surface area contributed by atoms with Crippen molar-refractivity contribution in [3.8, 4) is 0 Å². The van der Waals surface area contributed by atoms with E-state index in [4.69, 9.17) is 11.6 Å². The van der Waals surface area contributed by atoms with Crippen molar-refractivity contribution in [3.05, 3.63) is 70.2 Å². The smallest absolute Gasteiger partial charge is 0.255 e. The third kappa shape index (κ3) is 4.83. The van der Waals surface area contributed by atoms with Crippen molar-refractivity contribution in [3.63, 3.8) is 0 Å². The number of benzene rings is 2. The summed E-state index contributed by atoms with van der Waals surface area (Å²) < 4.78 is 0. The first kappa shape index (κ1) is 19.3. The fraction of sp³-hybridized carbons (Fsp3) is 0.409. The second-order valence-electron chi connectivity index (χ2n) is 6.78. The highest BCUT2D eigenvalue weighted by Gasteiger charge is 2.31. The Bertz CT molecular complexity index is 731. The molecule has 2 nitrogen and oxygen atoms in total. The van der Waals surface area contributed by atoms with Crippen molar-refractivity contribution in [2.45, 2.75) is 44.4 Å². The summed E-state index contributed by atoms with van der Waals surface area (Å²) >= 11 is 7.93. The number of unbranched alkanes of at least 4 members (excludes halogenated alkanes) is 3. The Kier molecular flexibility index (Phi) is 7.04. The maximum atomic E-state index is 13.0. The predicted molar refractivity (Wildman–Crippen MR) is 112 cm³/mol. The predicted octanol–water partition coefficient (Wildman–Crippen LogP) is 6.35. The summed E-state index contributed by atoms with van der Waals surface area (Å²) in [6.07, 6.45) is 6.16. The fourth-order valence-corrected chi connectivity index (χ4v) is 4.79. The van der Waals surface area contributed by atoms with Gasteiger partial charge in [-0.25, -0.2) is 0 Å². The number of hydrogen-bond donors (Lipinski definition) is 0. The van der Waals surface area contributed by atoms with Crippen LogP contribution < -0.4 is 0 Å². The summed E-state index contributed by atoms with van der Waals surface area (Å²) in [5.74, 6) is 1.07. The van der Waals surface area contributed by atoms with Crippen LogP contribution in [0.25, 0.3) is 0 Å². The van der Waals surface area contributed by atoms with Crippen molar-refractivity contribution in [2.75, 3.05) is 12.3 Å². The van der Waals surface area contributed by atoms with E-state index in [1.165, 1.54) is 31.2 Å². The van der Waals surface area contributed by atoms with Crippen molar-refractivity contribution >= 4 is 29.3 Å². The van der Waals surface area contributed by atoms with E-state index in [0.717, 1.165) is 34.9 Å². The molecule has 1 heterocycles. The molecule has 1 atom stereocenters. The molecule has 0 radical (unpaired) electrons. The highest BCUT2D eigenvalue weighted by Crippen LogP contribution is 2.39. The van der Waals surface area contributed by atoms with Gasteiger partial charge in [0.1, 0.15) is 5.37 Å². The van der Waals surface area contributed by atoms with Crippen LogP contribution in [-0.2, 0) is 6.42 Å². The lowest BCUT2D eigenvalue weighted by atomic mass is 10.0. The van der Waals surface area contributed by atoms with Crippen LogP contribution in [0.3, 0.4) is 0 Å². The van der Waals surface area contributed by atoms with Crippen molar-refractivity contribution in [1.82, 2.24) is 4.90 Å². The van der Waals surface area contributed by atoms with E-state index in [2.05, 4.69) is 25.1 Å². The van der Waals surface area contributed by atoms with Crippen molar-refractivity contribution < 1.29 is 4.79 Å². The molecule has 0 N–H and O–H groups in total. The lowest BCUT2D eigenvalue weighted by Gasteiger charge is -2.24. The number of hydrogen-bond acceptors (Lipinski definition) is 2. The number of carbonyl (C=O) groups excluding carboxylic acids is 1. The molecule has 138 valence electrons. The highest BCUT2D eigenvalue weighted by atomic mass is 35.5. The molecule has 2 aromatic carbocycles. The second kappa shape index (κ2) is 9.48. The van der Waals surface area contributed by atoms with E-state index in [0.29, 0.717) is 0 Å². The van der Waals surface area contributed by atoms with Crippen LogP contribution in [0.2, 0.25) is 5.02 Å². The molecule has 1 amide bonds. The highest BCUT2D eigenvalue weighted by molar-refractivity contribution is 7.99. The minimum absolute atomic E-state index is 0.0509. The van der Waals surface area contributed by atoms with Gasteiger partial charge in [0.05, 0.1) is 0 Å². The maximum absolute atomic E-state index is 13.0. The largest absolute Gasteiger partial charge is 0.322 e. The molecule has 0 spiro atoms. The van der Waals surface area contributed by atoms with Crippen molar-refractivity contribution in [2.24, 2.45) is 0 Å². The lowest BCUT2D eigenvalue weighted by Crippen LogP contribution is -2.30. The Morgan fingerprint density at radius 3 is 2.69 bits per heavy atom. The number of thioether (sulfide) groups is 1. The van der Waals surface area contributed by atoms with Gasteiger partial charge in [-0.2, -0.15) is 0 Å². The number of amides is 1. The first-order valence-corrected chi connectivity index (χ1v) is 10.9. The number of aryl methyl sites for hydroxylation is 1. The molecule has 1 aliphatic rings. The molecule has 1 fully saturated rings. The summed E-state index contributed by atoms with van der Waals surface area (Å²) in [5, 5.41) is 0.768. The van der Waals surface area contributed by atoms with Crippen LogP contribution in [0, 0.1) is 0 Å². The normalized spacial score (nSPS) is 16.8. The van der Waals surface area contributed by atoms with Gasteiger partial charge in [-0.15, -0.1) is 11.8 Å². The zero-order chi connectivity index (χ0) is 18.4. The Labute approximate surface area is 165 Å². The Morgan fingerprint density at radius 1 is 1.15 bits per heavy atom. The van der Waals surface area contributed by atoms with Crippen LogP contribution in [0.4, 0.5) is 0 Å². The third-order valence-electron chi connectivity index (χ3n) is 4.81. The lowest BCUT2D eigenvalue weighted by molar-refractivity contribution is 0.0760. The first-order valence-electron chi connectivity index (χ1n) is 9.46. The van der Waals surface area contributed by atoms with Gasteiger partial charge in [0.25, 0.3) is 5.91 Å². The SMILES string of the molecule is CCCCCCc1ccc(C(=O)N2CCS[C@H]2c2cccc(Cl)c2)cc1. The van der Waals surface area contributed by atoms with Gasteiger partial charge in [0.2, 0.25) is 0 Å². The number of halogens is 1. The number of rotatable bonds is 7. The standard InChI is InChI=1S/C22H26ClNOS/c1-2-3-4-5-7-17-10-12-18(13-11-17)21(25)24-14-15-26-22(24)19-8-6-9-20(23)16-19/h6,8-13,16,22H,2-5,7,14-15H2,1H3/t22-/m0/s1. The first-order chi connectivity index (χ1) is 12.7. The molecular weight excluding hydrogens is 362 g/mol. The molecular formula is C22H26ClNOS. The zero-order valence-corrected chi connectivity index (χ0v) is 16.9. The van der Waals surface area contributed by atoms with Gasteiger partial charge in [-0.1, -0.05) is 62.1 Å². The molecule has 1 aliphatic heterocycles. The van der Waals surface area contributed by atoms with Crippen LogP contribution in [0.1, 0.15) is 59.5 Å². The summed E-state index contributed by atoms with van der Waals surface area (Å²) in [7, 11) is 0. The minimum atomic E-state index is 0.0509. The molecule has 4 heteroatoms. The van der Waals surface area contributed by atoms with E-state index in [9.17, 15) is 4.79 Å². The third-order valence-corrected chi connectivity index (χ3v) is 6.30. The van der Waals surface area contributed by atoms with Crippen LogP contribution in [-0.4, -0.2) is 23.1 Å². The molecule has 0 aliphatic carbocycles. The fourth-order valence-electron chi connectivity index (χ4n) is 3.35. The van der Waals surface area contributed by atoms with Gasteiger partial charge < -0.3 is 4.90 Å². The molecule has 0 aromatic heterocycles. The van der Waals surface area contributed by atoms with Crippen LogP contribution in [0.5, 0.6) is 0 Å². The van der Waals surface area contributed by atoms with Crippen molar-refractivity contribution in [1.29, 1.82) is 0 Å². The quantitative estimate of drug-likeness (QED) is 0.516.